The first-order valence-electron chi connectivity index (χ1n) is 5.97. The molecule has 6 nitrogen and oxygen atoms in total. The van der Waals surface area contributed by atoms with Crippen molar-refractivity contribution < 1.29 is 19.1 Å². The summed E-state index contributed by atoms with van der Waals surface area (Å²) in [5.41, 5.74) is 1.15. The minimum atomic E-state index is -0.487. The van der Waals surface area contributed by atoms with Crippen LogP contribution in [0.4, 0.5) is 0 Å². The quantitative estimate of drug-likeness (QED) is 0.734. The molecule has 0 aromatic carbocycles. The zero-order chi connectivity index (χ0) is 13.1. The maximum absolute atomic E-state index is 11.5. The third kappa shape index (κ3) is 2.69. The molecular weight excluding hydrogens is 236 g/mol. The first kappa shape index (κ1) is 12.6. The molecule has 1 heterocycles. The van der Waals surface area contributed by atoms with E-state index in [1.807, 2.05) is 0 Å². The Hall–Kier alpha value is -1.85. The van der Waals surface area contributed by atoms with E-state index in [0.29, 0.717) is 12.5 Å². The zero-order valence-corrected chi connectivity index (χ0v) is 10.5. The fraction of sp³-hybridized carbons (Fsp3) is 0.583. The van der Waals surface area contributed by atoms with E-state index in [1.54, 1.807) is 17.7 Å². The van der Waals surface area contributed by atoms with E-state index in [1.165, 1.54) is 7.11 Å². The molecule has 18 heavy (non-hydrogen) atoms. The second-order valence-electron chi connectivity index (χ2n) is 4.18. The lowest BCUT2D eigenvalue weighted by atomic mass is 10.2. The average molecular weight is 252 g/mol. The van der Waals surface area contributed by atoms with Gasteiger partial charge >= 0.3 is 11.9 Å². The molecule has 0 amide bonds. The number of rotatable bonds is 5. The zero-order valence-electron chi connectivity index (χ0n) is 10.5. The van der Waals surface area contributed by atoms with Crippen molar-refractivity contribution in [1.82, 2.24) is 9.78 Å². The van der Waals surface area contributed by atoms with E-state index in [9.17, 15) is 9.59 Å². The second-order valence-corrected chi connectivity index (χ2v) is 4.18. The van der Waals surface area contributed by atoms with Crippen LogP contribution in [0.5, 0.6) is 0 Å². The second kappa shape index (κ2) is 5.20. The molecule has 1 aromatic heterocycles. The SMILES string of the molecule is CCOC(=O)Cn1nc(C(=O)OC)cc1C1CC1. The first-order chi connectivity index (χ1) is 8.65. The van der Waals surface area contributed by atoms with Crippen molar-refractivity contribution in [3.8, 4) is 0 Å². The summed E-state index contributed by atoms with van der Waals surface area (Å²) in [5, 5.41) is 4.11. The molecule has 1 saturated carbocycles. The van der Waals surface area contributed by atoms with Crippen LogP contribution in [-0.4, -0.2) is 35.4 Å². The summed E-state index contributed by atoms with van der Waals surface area (Å²) >= 11 is 0. The van der Waals surface area contributed by atoms with Gasteiger partial charge in [-0.05, 0) is 25.8 Å². The van der Waals surface area contributed by atoms with Crippen molar-refractivity contribution in [2.75, 3.05) is 13.7 Å². The predicted octanol–water partition coefficient (Wildman–Crippen LogP) is 1.11. The summed E-state index contributed by atoms with van der Waals surface area (Å²) in [6.45, 7) is 2.13. The molecular formula is C12H16N2O4. The molecule has 0 unspecified atom stereocenters. The molecule has 0 saturated heterocycles. The highest BCUT2D eigenvalue weighted by Gasteiger charge is 2.30. The summed E-state index contributed by atoms with van der Waals surface area (Å²) < 4.78 is 11.1. The van der Waals surface area contributed by atoms with Crippen molar-refractivity contribution in [3.63, 3.8) is 0 Å². The molecule has 1 aliphatic rings. The Kier molecular flexibility index (Phi) is 3.64. The van der Waals surface area contributed by atoms with Crippen molar-refractivity contribution in [1.29, 1.82) is 0 Å². The molecule has 0 spiro atoms. The lowest BCUT2D eigenvalue weighted by Crippen LogP contribution is -2.16. The van der Waals surface area contributed by atoms with Gasteiger partial charge in [-0.2, -0.15) is 5.10 Å². The molecule has 0 atom stereocenters. The topological polar surface area (TPSA) is 70.4 Å². The van der Waals surface area contributed by atoms with Crippen LogP contribution < -0.4 is 0 Å². The molecule has 0 bridgehead atoms. The van der Waals surface area contributed by atoms with Gasteiger partial charge in [0.15, 0.2) is 5.69 Å². The number of carbonyl (C=O) groups excluding carboxylic acids is 2. The summed E-state index contributed by atoms with van der Waals surface area (Å²) in [5.74, 6) is -0.441. The van der Waals surface area contributed by atoms with Crippen LogP contribution in [-0.2, 0) is 20.8 Å². The van der Waals surface area contributed by atoms with Gasteiger partial charge in [-0.15, -0.1) is 0 Å². The van der Waals surface area contributed by atoms with Crippen LogP contribution in [0.1, 0.15) is 41.9 Å². The van der Waals surface area contributed by atoms with Crippen molar-refractivity contribution in [2.24, 2.45) is 0 Å². The Morgan fingerprint density at radius 3 is 2.78 bits per heavy atom. The van der Waals surface area contributed by atoms with Gasteiger partial charge in [0.2, 0.25) is 0 Å². The number of aromatic nitrogens is 2. The molecule has 6 heteroatoms. The van der Waals surface area contributed by atoms with Gasteiger partial charge in [0.1, 0.15) is 6.54 Å². The maximum Gasteiger partial charge on any atom is 0.358 e. The van der Waals surface area contributed by atoms with Crippen LogP contribution in [0.15, 0.2) is 6.07 Å². The monoisotopic (exact) mass is 252 g/mol. The van der Waals surface area contributed by atoms with Crippen LogP contribution in [0.3, 0.4) is 0 Å². The Morgan fingerprint density at radius 1 is 1.50 bits per heavy atom. The lowest BCUT2D eigenvalue weighted by molar-refractivity contribution is -0.144. The van der Waals surface area contributed by atoms with Crippen LogP contribution >= 0.6 is 0 Å². The van der Waals surface area contributed by atoms with Crippen LogP contribution in [0.2, 0.25) is 0 Å². The van der Waals surface area contributed by atoms with Crippen LogP contribution in [0.25, 0.3) is 0 Å². The smallest absolute Gasteiger partial charge is 0.358 e. The molecule has 1 aromatic rings. The molecule has 0 aliphatic heterocycles. The fourth-order valence-electron chi connectivity index (χ4n) is 1.80. The molecule has 1 aliphatic carbocycles. The standard InChI is InChI=1S/C12H16N2O4/c1-3-18-11(15)7-14-10(8-4-5-8)6-9(13-14)12(16)17-2/h6,8H,3-5,7H2,1-2H3. The van der Waals surface area contributed by atoms with Gasteiger partial charge < -0.3 is 9.47 Å². The highest BCUT2D eigenvalue weighted by Crippen LogP contribution is 2.40. The molecule has 0 radical (unpaired) electrons. The fourth-order valence-corrected chi connectivity index (χ4v) is 1.80. The van der Waals surface area contributed by atoms with E-state index >= 15 is 0 Å². The highest BCUT2D eigenvalue weighted by molar-refractivity contribution is 5.87. The normalized spacial score (nSPS) is 14.3. The third-order valence-electron chi connectivity index (χ3n) is 2.79. The Bertz CT molecular complexity index is 463. The summed E-state index contributed by atoms with van der Waals surface area (Å²) in [7, 11) is 1.31. The number of ether oxygens (including phenoxy) is 2. The number of nitrogens with zero attached hydrogens (tertiary/aromatic N) is 2. The highest BCUT2D eigenvalue weighted by atomic mass is 16.5. The van der Waals surface area contributed by atoms with Gasteiger partial charge in [0.25, 0.3) is 0 Å². The van der Waals surface area contributed by atoms with Crippen molar-refractivity contribution in [2.45, 2.75) is 32.2 Å². The number of esters is 2. The molecule has 1 fully saturated rings. The van der Waals surface area contributed by atoms with E-state index in [0.717, 1.165) is 18.5 Å². The molecule has 98 valence electrons. The minimum absolute atomic E-state index is 0.0384. The lowest BCUT2D eigenvalue weighted by Gasteiger charge is -2.05. The van der Waals surface area contributed by atoms with Gasteiger partial charge in [-0.25, -0.2) is 4.79 Å². The number of hydrogen-bond acceptors (Lipinski definition) is 5. The summed E-state index contributed by atoms with van der Waals surface area (Å²) in [4.78, 5) is 22.9. The molecule has 2 rings (SSSR count). The van der Waals surface area contributed by atoms with Gasteiger partial charge in [-0.1, -0.05) is 0 Å². The third-order valence-corrected chi connectivity index (χ3v) is 2.79. The number of hydrogen-bond donors (Lipinski definition) is 0. The Balaban J connectivity index is 2.18. The molecule has 0 N–H and O–H groups in total. The van der Waals surface area contributed by atoms with Crippen molar-refractivity contribution >= 4 is 11.9 Å². The number of methoxy groups -OCH3 is 1. The van der Waals surface area contributed by atoms with E-state index in [4.69, 9.17) is 4.74 Å². The summed E-state index contributed by atoms with van der Waals surface area (Å²) in [6, 6.07) is 1.70. The number of carbonyl (C=O) groups is 2. The predicted molar refractivity (Wildman–Crippen MR) is 62.2 cm³/mol. The Morgan fingerprint density at radius 2 is 2.22 bits per heavy atom. The van der Waals surface area contributed by atoms with Crippen LogP contribution in [0, 0.1) is 0 Å². The van der Waals surface area contributed by atoms with E-state index in [-0.39, 0.29) is 18.2 Å². The average Bonchev–Trinajstić information content (AvgIpc) is 3.11. The first-order valence-corrected chi connectivity index (χ1v) is 5.97. The van der Waals surface area contributed by atoms with Crippen molar-refractivity contribution in [3.05, 3.63) is 17.5 Å². The van der Waals surface area contributed by atoms with E-state index in [2.05, 4.69) is 9.84 Å². The Labute approximate surface area is 105 Å². The van der Waals surface area contributed by atoms with Gasteiger partial charge in [-0.3, -0.25) is 9.48 Å². The van der Waals surface area contributed by atoms with E-state index < -0.39 is 5.97 Å². The van der Waals surface area contributed by atoms with Gasteiger partial charge in [0.05, 0.1) is 13.7 Å². The summed E-state index contributed by atoms with van der Waals surface area (Å²) in [6.07, 6.45) is 2.13. The maximum atomic E-state index is 11.5. The van der Waals surface area contributed by atoms with Gasteiger partial charge in [0, 0.05) is 11.6 Å². The minimum Gasteiger partial charge on any atom is -0.465 e. The largest absolute Gasteiger partial charge is 0.465 e.